The van der Waals surface area contributed by atoms with Crippen LogP contribution < -0.4 is 0 Å². The maximum atomic E-state index is 12.1. The number of piperidine rings is 1. The van der Waals surface area contributed by atoms with Crippen LogP contribution in [0.4, 0.5) is 0 Å². The highest BCUT2D eigenvalue weighted by Gasteiger charge is 2.24. The quantitative estimate of drug-likeness (QED) is 0.824. The maximum Gasteiger partial charge on any atom is 0.222 e. The molecule has 2 atom stereocenters. The molecule has 0 aromatic rings. The second-order valence-electron chi connectivity index (χ2n) is 6.71. The van der Waals surface area contributed by atoms with Gasteiger partial charge in [-0.3, -0.25) is 4.79 Å². The SMILES string of the molecule is CC(CC(=O)N1CCC[C@H](O)C1)CC(C)(C)C. The van der Waals surface area contributed by atoms with Gasteiger partial charge in [0.05, 0.1) is 6.10 Å². The van der Waals surface area contributed by atoms with Crippen molar-refractivity contribution in [3.8, 4) is 0 Å². The number of nitrogens with zero attached hydrogens (tertiary/aromatic N) is 1. The standard InChI is InChI=1S/C14H27NO2/c1-11(9-14(2,3)4)8-13(17)15-7-5-6-12(16)10-15/h11-12,16H,5-10H2,1-4H3/t11?,12-/m0/s1. The number of aliphatic hydroxyl groups excluding tert-OH is 1. The van der Waals surface area contributed by atoms with E-state index in [1.54, 1.807) is 0 Å². The van der Waals surface area contributed by atoms with Gasteiger partial charge in [0, 0.05) is 19.5 Å². The van der Waals surface area contributed by atoms with Gasteiger partial charge in [-0.15, -0.1) is 0 Å². The van der Waals surface area contributed by atoms with Crippen LogP contribution in [0.5, 0.6) is 0 Å². The zero-order valence-corrected chi connectivity index (χ0v) is 11.7. The molecule has 1 unspecified atom stereocenters. The van der Waals surface area contributed by atoms with Gasteiger partial charge in [0.2, 0.25) is 5.91 Å². The van der Waals surface area contributed by atoms with Gasteiger partial charge in [0.15, 0.2) is 0 Å². The van der Waals surface area contributed by atoms with Crippen molar-refractivity contribution in [3.63, 3.8) is 0 Å². The van der Waals surface area contributed by atoms with E-state index in [-0.39, 0.29) is 17.4 Å². The zero-order valence-electron chi connectivity index (χ0n) is 11.7. The predicted octanol–water partition coefficient (Wildman–Crippen LogP) is 2.43. The Morgan fingerprint density at radius 3 is 2.65 bits per heavy atom. The highest BCUT2D eigenvalue weighted by atomic mass is 16.3. The van der Waals surface area contributed by atoms with Gasteiger partial charge >= 0.3 is 0 Å². The Labute approximate surface area is 105 Å². The van der Waals surface area contributed by atoms with E-state index in [9.17, 15) is 9.90 Å². The van der Waals surface area contributed by atoms with Gasteiger partial charge in [-0.2, -0.15) is 0 Å². The molecule has 1 heterocycles. The van der Waals surface area contributed by atoms with Crippen LogP contribution in [0.1, 0.15) is 53.4 Å². The number of likely N-dealkylation sites (tertiary alicyclic amines) is 1. The fourth-order valence-corrected chi connectivity index (χ4v) is 2.73. The average molecular weight is 241 g/mol. The Morgan fingerprint density at radius 2 is 2.12 bits per heavy atom. The van der Waals surface area contributed by atoms with Crippen LogP contribution in [-0.4, -0.2) is 35.1 Å². The highest BCUT2D eigenvalue weighted by Crippen LogP contribution is 2.26. The molecule has 1 N–H and O–H groups in total. The fraction of sp³-hybridized carbons (Fsp3) is 0.929. The molecule has 1 aliphatic heterocycles. The van der Waals surface area contributed by atoms with E-state index in [1.165, 1.54) is 0 Å². The predicted molar refractivity (Wildman–Crippen MR) is 69.7 cm³/mol. The summed E-state index contributed by atoms with van der Waals surface area (Å²) in [7, 11) is 0. The third kappa shape index (κ3) is 5.53. The minimum absolute atomic E-state index is 0.209. The lowest BCUT2D eigenvalue weighted by Crippen LogP contribution is -2.42. The molecule has 0 aromatic carbocycles. The van der Waals surface area contributed by atoms with E-state index in [0.717, 1.165) is 25.8 Å². The van der Waals surface area contributed by atoms with Crippen LogP contribution in [0.2, 0.25) is 0 Å². The summed E-state index contributed by atoms with van der Waals surface area (Å²) < 4.78 is 0. The Balaban J connectivity index is 2.38. The summed E-state index contributed by atoms with van der Waals surface area (Å²) in [5.41, 5.74) is 0.279. The van der Waals surface area contributed by atoms with Gasteiger partial charge in [-0.1, -0.05) is 27.7 Å². The maximum absolute atomic E-state index is 12.1. The second-order valence-corrected chi connectivity index (χ2v) is 6.71. The molecular weight excluding hydrogens is 214 g/mol. The van der Waals surface area contributed by atoms with Crippen molar-refractivity contribution in [2.45, 2.75) is 59.5 Å². The molecule has 17 heavy (non-hydrogen) atoms. The number of β-amino-alcohol motifs (C(OH)–C–C–N with tert-alkyl or cyclic N) is 1. The molecule has 3 nitrogen and oxygen atoms in total. The lowest BCUT2D eigenvalue weighted by molar-refractivity contribution is -0.135. The first kappa shape index (κ1) is 14.5. The Kier molecular flexibility index (Phi) is 4.99. The Hall–Kier alpha value is -0.570. The Morgan fingerprint density at radius 1 is 1.47 bits per heavy atom. The molecule has 1 rings (SSSR count). The lowest BCUT2D eigenvalue weighted by atomic mass is 9.84. The number of rotatable bonds is 3. The molecule has 0 aliphatic carbocycles. The molecule has 1 amide bonds. The summed E-state index contributed by atoms with van der Waals surface area (Å²) in [6, 6.07) is 0. The van der Waals surface area contributed by atoms with Gasteiger partial charge in [-0.25, -0.2) is 0 Å². The van der Waals surface area contributed by atoms with Crippen molar-refractivity contribution in [2.24, 2.45) is 11.3 Å². The monoisotopic (exact) mass is 241 g/mol. The van der Waals surface area contributed by atoms with Crippen molar-refractivity contribution in [3.05, 3.63) is 0 Å². The average Bonchev–Trinajstić information content (AvgIpc) is 2.14. The van der Waals surface area contributed by atoms with Gasteiger partial charge < -0.3 is 10.0 Å². The van der Waals surface area contributed by atoms with Crippen molar-refractivity contribution < 1.29 is 9.90 Å². The zero-order chi connectivity index (χ0) is 13.1. The molecule has 0 radical (unpaired) electrons. The summed E-state index contributed by atoms with van der Waals surface area (Å²) in [4.78, 5) is 13.9. The van der Waals surface area contributed by atoms with Crippen molar-refractivity contribution in [1.29, 1.82) is 0 Å². The third-order valence-corrected chi connectivity index (χ3v) is 3.23. The molecule has 100 valence electrons. The van der Waals surface area contributed by atoms with Crippen molar-refractivity contribution >= 4 is 5.91 Å². The number of carbonyl (C=O) groups excluding carboxylic acids is 1. The van der Waals surface area contributed by atoms with E-state index in [4.69, 9.17) is 0 Å². The largest absolute Gasteiger partial charge is 0.391 e. The number of aliphatic hydroxyl groups is 1. The minimum Gasteiger partial charge on any atom is -0.391 e. The molecule has 3 heteroatoms. The van der Waals surface area contributed by atoms with E-state index in [1.807, 2.05) is 4.90 Å². The molecule has 0 aromatic heterocycles. The first-order valence-corrected chi connectivity index (χ1v) is 6.74. The topological polar surface area (TPSA) is 40.5 Å². The molecule has 0 saturated carbocycles. The van der Waals surface area contributed by atoms with E-state index in [2.05, 4.69) is 27.7 Å². The first-order chi connectivity index (χ1) is 7.78. The van der Waals surface area contributed by atoms with E-state index < -0.39 is 0 Å². The van der Waals surface area contributed by atoms with Gasteiger partial charge in [0.25, 0.3) is 0 Å². The van der Waals surface area contributed by atoms with Crippen LogP contribution in [0, 0.1) is 11.3 Å². The third-order valence-electron chi connectivity index (χ3n) is 3.23. The van der Waals surface area contributed by atoms with Crippen LogP contribution in [-0.2, 0) is 4.79 Å². The molecule has 0 spiro atoms. The van der Waals surface area contributed by atoms with Crippen LogP contribution in [0.25, 0.3) is 0 Å². The molecule has 1 fully saturated rings. The highest BCUT2D eigenvalue weighted by molar-refractivity contribution is 5.76. The van der Waals surface area contributed by atoms with Crippen molar-refractivity contribution in [2.75, 3.05) is 13.1 Å². The van der Waals surface area contributed by atoms with E-state index >= 15 is 0 Å². The summed E-state index contributed by atoms with van der Waals surface area (Å²) in [6.45, 7) is 10.1. The number of hydrogen-bond donors (Lipinski definition) is 1. The van der Waals surface area contributed by atoms with Gasteiger partial charge in [-0.05, 0) is 30.6 Å². The molecule has 1 aliphatic rings. The smallest absolute Gasteiger partial charge is 0.222 e. The molecule has 0 bridgehead atoms. The van der Waals surface area contributed by atoms with Crippen LogP contribution >= 0.6 is 0 Å². The summed E-state index contributed by atoms with van der Waals surface area (Å²) in [5, 5.41) is 9.56. The van der Waals surface area contributed by atoms with Crippen molar-refractivity contribution in [1.82, 2.24) is 4.90 Å². The normalized spacial score (nSPS) is 23.6. The Bertz CT molecular complexity index is 257. The van der Waals surface area contributed by atoms with Crippen LogP contribution in [0.3, 0.4) is 0 Å². The fourth-order valence-electron chi connectivity index (χ4n) is 2.73. The molecule has 1 saturated heterocycles. The summed E-state index contributed by atoms with van der Waals surface area (Å²) in [6.07, 6.45) is 3.13. The minimum atomic E-state index is -0.314. The summed E-state index contributed by atoms with van der Waals surface area (Å²) >= 11 is 0. The molecular formula is C14H27NO2. The van der Waals surface area contributed by atoms with Gasteiger partial charge in [0.1, 0.15) is 0 Å². The lowest BCUT2D eigenvalue weighted by Gasteiger charge is -2.31. The number of carbonyl (C=O) groups is 1. The first-order valence-electron chi connectivity index (χ1n) is 6.74. The summed E-state index contributed by atoms with van der Waals surface area (Å²) in [5.74, 6) is 0.627. The number of amides is 1. The van der Waals surface area contributed by atoms with E-state index in [0.29, 0.717) is 18.9 Å². The number of hydrogen-bond acceptors (Lipinski definition) is 2. The van der Waals surface area contributed by atoms with Crippen LogP contribution in [0.15, 0.2) is 0 Å². The second kappa shape index (κ2) is 5.85.